The van der Waals surface area contributed by atoms with Crippen molar-refractivity contribution >= 4 is 28.2 Å². The molecule has 0 spiro atoms. The summed E-state index contributed by atoms with van der Waals surface area (Å²) in [6.45, 7) is 8.71. The summed E-state index contributed by atoms with van der Waals surface area (Å²) >= 11 is 2.54. The molecule has 82 valence electrons. The van der Waals surface area contributed by atoms with Gasteiger partial charge in [0.05, 0.1) is 0 Å². The summed E-state index contributed by atoms with van der Waals surface area (Å²) in [4.78, 5) is 0. The molecule has 0 bridgehead atoms. The first-order valence-corrected chi connectivity index (χ1v) is 6.73. The first-order valence-electron chi connectivity index (χ1n) is 5.48. The molecule has 0 aliphatic heterocycles. The highest BCUT2D eigenvalue weighted by Gasteiger charge is 2.09. The van der Waals surface area contributed by atoms with E-state index in [1.54, 1.807) is 0 Å². The van der Waals surface area contributed by atoms with Gasteiger partial charge in [-0.3, -0.25) is 0 Å². The number of alkyl halides is 1. The Labute approximate surface area is 107 Å². The van der Waals surface area contributed by atoms with Gasteiger partial charge in [0.2, 0.25) is 0 Å². The fourth-order valence-electron chi connectivity index (χ4n) is 1.46. The molecular weight excluding hydrogens is 295 g/mol. The number of rotatable bonds is 5. The fourth-order valence-corrected chi connectivity index (χ4v) is 1.78. The summed E-state index contributed by atoms with van der Waals surface area (Å²) in [5.41, 5.74) is 2.54. The first kappa shape index (κ1) is 12.8. The molecule has 1 aromatic rings. The van der Waals surface area contributed by atoms with Crippen molar-refractivity contribution in [2.75, 3.05) is 0 Å². The average molecular weight is 314 g/mol. The lowest BCUT2D eigenvalue weighted by atomic mass is 9.99. The van der Waals surface area contributed by atoms with Crippen LogP contribution in [0.2, 0.25) is 0 Å². The summed E-state index contributed by atoms with van der Waals surface area (Å²) in [5.74, 6) is 0.758. The van der Waals surface area contributed by atoms with Crippen molar-refractivity contribution in [1.82, 2.24) is 0 Å². The Morgan fingerprint density at radius 3 is 2.40 bits per heavy atom. The van der Waals surface area contributed by atoms with Crippen LogP contribution in [0.3, 0.4) is 0 Å². The van der Waals surface area contributed by atoms with E-state index in [1.807, 2.05) is 6.07 Å². The molecular formula is C14H19I. The third kappa shape index (κ3) is 4.37. The highest BCUT2D eigenvalue weighted by atomic mass is 127. The van der Waals surface area contributed by atoms with Crippen molar-refractivity contribution in [3.63, 3.8) is 0 Å². The van der Waals surface area contributed by atoms with Crippen LogP contribution in [0.5, 0.6) is 0 Å². The van der Waals surface area contributed by atoms with Gasteiger partial charge in [-0.25, -0.2) is 0 Å². The Balaban J connectivity index is 2.44. The maximum Gasteiger partial charge on any atom is 0.0136 e. The fraction of sp³-hybridized carbons (Fsp3) is 0.429. The van der Waals surface area contributed by atoms with Crippen LogP contribution in [-0.2, 0) is 0 Å². The molecule has 1 unspecified atom stereocenters. The maximum atomic E-state index is 4.15. The molecule has 1 aromatic carbocycles. The number of halogens is 1. The van der Waals surface area contributed by atoms with Crippen molar-refractivity contribution in [3.05, 3.63) is 42.5 Å². The van der Waals surface area contributed by atoms with Gasteiger partial charge >= 0.3 is 0 Å². The quantitative estimate of drug-likeness (QED) is 0.533. The highest BCUT2D eigenvalue weighted by Crippen LogP contribution is 2.24. The number of hydrogen-bond acceptors (Lipinski definition) is 0. The standard InChI is InChI=1S/C14H19I/c1-11(2)14(15)10-9-12(3)13-7-5-4-6-8-13/h4-8,11,14H,3,9-10H2,1-2H3. The van der Waals surface area contributed by atoms with Gasteiger partial charge in [0, 0.05) is 3.92 Å². The number of hydrogen-bond donors (Lipinski definition) is 0. The second-order valence-electron chi connectivity index (χ2n) is 4.27. The number of benzene rings is 1. The minimum atomic E-state index is 0.753. The summed E-state index contributed by atoms with van der Waals surface area (Å²) < 4.78 is 0.753. The first-order chi connectivity index (χ1) is 7.11. The second-order valence-corrected chi connectivity index (χ2v) is 5.87. The Morgan fingerprint density at radius 1 is 1.27 bits per heavy atom. The Kier molecular flexibility index (Phi) is 5.37. The molecule has 0 fully saturated rings. The van der Waals surface area contributed by atoms with Crippen LogP contribution < -0.4 is 0 Å². The summed E-state index contributed by atoms with van der Waals surface area (Å²) in [6.07, 6.45) is 2.34. The molecule has 0 amide bonds. The molecule has 1 atom stereocenters. The van der Waals surface area contributed by atoms with E-state index < -0.39 is 0 Å². The van der Waals surface area contributed by atoms with Crippen LogP contribution in [0.15, 0.2) is 36.9 Å². The van der Waals surface area contributed by atoms with Gasteiger partial charge in [-0.15, -0.1) is 0 Å². The van der Waals surface area contributed by atoms with Crippen LogP contribution >= 0.6 is 22.6 Å². The van der Waals surface area contributed by atoms with Crippen molar-refractivity contribution in [3.8, 4) is 0 Å². The van der Waals surface area contributed by atoms with Gasteiger partial charge in [-0.2, -0.15) is 0 Å². The molecule has 0 nitrogen and oxygen atoms in total. The van der Waals surface area contributed by atoms with E-state index in [0.717, 1.165) is 16.3 Å². The SMILES string of the molecule is C=C(CCC(I)C(C)C)c1ccccc1. The molecule has 1 heteroatoms. The van der Waals surface area contributed by atoms with E-state index in [9.17, 15) is 0 Å². The van der Waals surface area contributed by atoms with E-state index in [0.29, 0.717) is 0 Å². The molecule has 0 heterocycles. The summed E-state index contributed by atoms with van der Waals surface area (Å²) in [6, 6.07) is 10.5. The second kappa shape index (κ2) is 6.31. The molecule has 0 aliphatic carbocycles. The van der Waals surface area contributed by atoms with Gasteiger partial charge < -0.3 is 0 Å². The zero-order chi connectivity index (χ0) is 11.3. The van der Waals surface area contributed by atoms with Gasteiger partial charge in [-0.1, -0.05) is 73.3 Å². The largest absolute Gasteiger partial charge is 0.0952 e. The molecule has 15 heavy (non-hydrogen) atoms. The third-order valence-electron chi connectivity index (χ3n) is 2.63. The normalized spacial score (nSPS) is 12.8. The minimum Gasteiger partial charge on any atom is -0.0952 e. The van der Waals surface area contributed by atoms with Crippen LogP contribution in [0.25, 0.3) is 5.57 Å². The minimum absolute atomic E-state index is 0.753. The molecule has 0 aromatic heterocycles. The Morgan fingerprint density at radius 2 is 1.87 bits per heavy atom. The topological polar surface area (TPSA) is 0 Å². The average Bonchev–Trinajstić information content (AvgIpc) is 2.26. The molecule has 0 saturated heterocycles. The lowest BCUT2D eigenvalue weighted by Crippen LogP contribution is -2.06. The maximum absolute atomic E-state index is 4.15. The lowest BCUT2D eigenvalue weighted by molar-refractivity contribution is 0.599. The lowest BCUT2D eigenvalue weighted by Gasteiger charge is -2.14. The van der Waals surface area contributed by atoms with E-state index in [-0.39, 0.29) is 0 Å². The van der Waals surface area contributed by atoms with Crippen molar-refractivity contribution in [1.29, 1.82) is 0 Å². The van der Waals surface area contributed by atoms with Gasteiger partial charge in [0.25, 0.3) is 0 Å². The molecule has 1 rings (SSSR count). The highest BCUT2D eigenvalue weighted by molar-refractivity contribution is 14.1. The van der Waals surface area contributed by atoms with E-state index >= 15 is 0 Å². The van der Waals surface area contributed by atoms with E-state index in [2.05, 4.69) is 67.3 Å². The van der Waals surface area contributed by atoms with Crippen LogP contribution in [-0.4, -0.2) is 3.92 Å². The van der Waals surface area contributed by atoms with Crippen molar-refractivity contribution in [2.24, 2.45) is 5.92 Å². The zero-order valence-corrected chi connectivity index (χ0v) is 11.7. The smallest absolute Gasteiger partial charge is 0.0136 e. The molecule has 0 radical (unpaired) electrons. The van der Waals surface area contributed by atoms with Gasteiger partial charge in [-0.05, 0) is 29.9 Å². The van der Waals surface area contributed by atoms with Crippen LogP contribution in [0.1, 0.15) is 32.3 Å². The predicted octanol–water partition coefficient (Wildman–Crippen LogP) is 4.94. The Bertz CT molecular complexity index is 300. The molecule has 0 aliphatic rings. The number of allylic oxidation sites excluding steroid dienone is 1. The zero-order valence-electron chi connectivity index (χ0n) is 9.54. The summed E-state index contributed by atoms with van der Waals surface area (Å²) in [5, 5.41) is 0. The van der Waals surface area contributed by atoms with Crippen LogP contribution in [0, 0.1) is 5.92 Å². The Hall–Kier alpha value is -0.310. The predicted molar refractivity (Wildman–Crippen MR) is 77.4 cm³/mol. The van der Waals surface area contributed by atoms with Crippen molar-refractivity contribution < 1.29 is 0 Å². The molecule has 0 saturated carbocycles. The van der Waals surface area contributed by atoms with Crippen LogP contribution in [0.4, 0.5) is 0 Å². The third-order valence-corrected chi connectivity index (χ3v) is 4.69. The van der Waals surface area contributed by atoms with E-state index in [1.165, 1.54) is 17.6 Å². The van der Waals surface area contributed by atoms with Gasteiger partial charge in [0.1, 0.15) is 0 Å². The summed E-state index contributed by atoms with van der Waals surface area (Å²) in [7, 11) is 0. The monoisotopic (exact) mass is 314 g/mol. The molecule has 0 N–H and O–H groups in total. The van der Waals surface area contributed by atoms with Crippen molar-refractivity contribution in [2.45, 2.75) is 30.6 Å². The van der Waals surface area contributed by atoms with E-state index in [4.69, 9.17) is 0 Å². The van der Waals surface area contributed by atoms with Gasteiger partial charge in [0.15, 0.2) is 0 Å².